The summed E-state index contributed by atoms with van der Waals surface area (Å²) in [5, 5.41) is 4.24. The summed E-state index contributed by atoms with van der Waals surface area (Å²) in [5.41, 5.74) is 0.339. The molecule has 1 saturated carbocycles. The number of hydrogen-bond donors (Lipinski definition) is 1. The number of benzene rings is 1. The van der Waals surface area contributed by atoms with E-state index in [1.165, 1.54) is 24.2 Å². The Bertz CT molecular complexity index is 402. The van der Waals surface area contributed by atoms with Crippen LogP contribution in [0.25, 0.3) is 0 Å². The average molecular weight is 281 g/mol. The van der Waals surface area contributed by atoms with Gasteiger partial charge in [-0.05, 0) is 49.1 Å². The predicted molar refractivity (Wildman–Crippen MR) is 81.1 cm³/mol. The minimum atomic E-state index is -0.156. The first-order valence-electron chi connectivity index (χ1n) is 7.18. The minimum Gasteiger partial charge on any atom is -0.313 e. The van der Waals surface area contributed by atoms with Crippen LogP contribution >= 0.6 is 11.8 Å². The summed E-state index contributed by atoms with van der Waals surface area (Å²) in [6.45, 7) is 7.90. The first kappa shape index (κ1) is 14.9. The molecule has 2 rings (SSSR count). The molecule has 0 saturated heterocycles. The molecular weight excluding hydrogens is 257 g/mol. The van der Waals surface area contributed by atoms with E-state index >= 15 is 0 Å². The van der Waals surface area contributed by atoms with Crippen LogP contribution < -0.4 is 5.32 Å². The zero-order valence-electron chi connectivity index (χ0n) is 12.1. The van der Waals surface area contributed by atoms with Crippen LogP contribution in [-0.4, -0.2) is 17.8 Å². The average Bonchev–Trinajstić information content (AvgIpc) is 2.36. The van der Waals surface area contributed by atoms with Crippen LogP contribution in [0.15, 0.2) is 29.2 Å². The molecule has 0 spiro atoms. The van der Waals surface area contributed by atoms with Crippen molar-refractivity contribution >= 4 is 11.8 Å². The molecule has 0 aromatic heterocycles. The zero-order chi connectivity index (χ0) is 13.9. The Morgan fingerprint density at radius 2 is 2.00 bits per heavy atom. The highest BCUT2D eigenvalue weighted by Gasteiger charge is 2.38. The van der Waals surface area contributed by atoms with Gasteiger partial charge in [0.25, 0.3) is 0 Å². The normalized spacial score (nSPS) is 26.3. The first-order valence-corrected chi connectivity index (χ1v) is 8.06. The fourth-order valence-corrected chi connectivity index (χ4v) is 4.55. The second-order valence-corrected chi connectivity index (χ2v) is 7.34. The summed E-state index contributed by atoms with van der Waals surface area (Å²) < 4.78 is 13.0. The standard InChI is InChI=1S/C16H24FNS/c1-4-18-15-14(6-5-11-16(15,2)3)19-13-9-7-12(17)8-10-13/h7-10,14-15,18H,4-6,11H2,1-3H3. The minimum absolute atomic E-state index is 0.156. The van der Waals surface area contributed by atoms with E-state index in [1.54, 1.807) is 12.1 Å². The van der Waals surface area contributed by atoms with Gasteiger partial charge >= 0.3 is 0 Å². The van der Waals surface area contributed by atoms with Gasteiger partial charge < -0.3 is 5.32 Å². The molecule has 0 amide bonds. The van der Waals surface area contributed by atoms with Gasteiger partial charge in [-0.1, -0.05) is 27.2 Å². The van der Waals surface area contributed by atoms with Gasteiger partial charge in [0.1, 0.15) is 5.82 Å². The lowest BCUT2D eigenvalue weighted by Gasteiger charge is -2.44. The molecule has 1 aliphatic rings. The summed E-state index contributed by atoms with van der Waals surface area (Å²) in [5.74, 6) is -0.156. The van der Waals surface area contributed by atoms with Gasteiger partial charge in [-0.15, -0.1) is 11.8 Å². The Morgan fingerprint density at radius 3 is 2.63 bits per heavy atom. The Labute approximate surface area is 120 Å². The third kappa shape index (κ3) is 3.73. The lowest BCUT2D eigenvalue weighted by Crippen LogP contribution is -2.51. The van der Waals surface area contributed by atoms with E-state index in [2.05, 4.69) is 26.1 Å². The molecule has 0 bridgehead atoms. The summed E-state index contributed by atoms with van der Waals surface area (Å²) in [6, 6.07) is 7.42. The van der Waals surface area contributed by atoms with E-state index in [0.717, 1.165) is 6.54 Å². The van der Waals surface area contributed by atoms with Crippen LogP contribution in [0.4, 0.5) is 4.39 Å². The van der Waals surface area contributed by atoms with Crippen molar-refractivity contribution in [3.05, 3.63) is 30.1 Å². The van der Waals surface area contributed by atoms with Gasteiger partial charge in [-0.2, -0.15) is 0 Å². The molecule has 3 heteroatoms. The number of nitrogens with one attached hydrogen (secondary N) is 1. The Morgan fingerprint density at radius 1 is 1.32 bits per heavy atom. The summed E-state index contributed by atoms with van der Waals surface area (Å²) >= 11 is 1.89. The van der Waals surface area contributed by atoms with Crippen molar-refractivity contribution in [3.8, 4) is 0 Å². The van der Waals surface area contributed by atoms with Crippen molar-refractivity contribution in [2.45, 2.75) is 56.2 Å². The Balaban J connectivity index is 2.10. The van der Waals surface area contributed by atoms with Crippen LogP contribution in [0.3, 0.4) is 0 Å². The van der Waals surface area contributed by atoms with Gasteiger partial charge in [-0.3, -0.25) is 0 Å². The molecule has 2 atom stereocenters. The van der Waals surface area contributed by atoms with E-state index in [9.17, 15) is 4.39 Å². The van der Waals surface area contributed by atoms with Crippen molar-refractivity contribution in [2.75, 3.05) is 6.54 Å². The highest BCUT2D eigenvalue weighted by atomic mass is 32.2. The maximum atomic E-state index is 13.0. The highest BCUT2D eigenvalue weighted by molar-refractivity contribution is 8.00. The first-order chi connectivity index (χ1) is 9.03. The van der Waals surface area contributed by atoms with Crippen molar-refractivity contribution < 1.29 is 4.39 Å². The second-order valence-electron chi connectivity index (χ2n) is 6.03. The maximum absolute atomic E-state index is 13.0. The molecule has 2 unspecified atom stereocenters. The molecule has 1 fully saturated rings. The fraction of sp³-hybridized carbons (Fsp3) is 0.625. The van der Waals surface area contributed by atoms with Gasteiger partial charge in [-0.25, -0.2) is 4.39 Å². The lowest BCUT2D eigenvalue weighted by atomic mass is 9.73. The van der Waals surface area contributed by atoms with Crippen LogP contribution in [0, 0.1) is 11.2 Å². The molecule has 1 N–H and O–H groups in total. The molecular formula is C16H24FNS. The van der Waals surface area contributed by atoms with Crippen LogP contribution in [0.2, 0.25) is 0 Å². The van der Waals surface area contributed by atoms with Gasteiger partial charge in [0.2, 0.25) is 0 Å². The fourth-order valence-electron chi connectivity index (χ4n) is 3.03. The van der Waals surface area contributed by atoms with Crippen LogP contribution in [0.1, 0.15) is 40.0 Å². The summed E-state index contributed by atoms with van der Waals surface area (Å²) in [7, 11) is 0. The molecule has 0 radical (unpaired) electrons. The quantitative estimate of drug-likeness (QED) is 0.873. The number of thioether (sulfide) groups is 1. The van der Waals surface area contributed by atoms with Crippen LogP contribution in [0.5, 0.6) is 0 Å². The SMILES string of the molecule is CCNC1C(Sc2ccc(F)cc2)CCCC1(C)C. The Kier molecular flexibility index (Phi) is 4.91. The molecule has 106 valence electrons. The van der Waals surface area contributed by atoms with Gasteiger partial charge in [0.15, 0.2) is 0 Å². The number of halogens is 1. The third-order valence-electron chi connectivity index (χ3n) is 4.05. The molecule has 1 aliphatic carbocycles. The summed E-state index contributed by atoms with van der Waals surface area (Å²) in [6.07, 6.45) is 3.81. The third-order valence-corrected chi connectivity index (χ3v) is 5.40. The Hall–Kier alpha value is -0.540. The molecule has 1 nitrogen and oxygen atoms in total. The van der Waals surface area contributed by atoms with E-state index < -0.39 is 0 Å². The van der Waals surface area contributed by atoms with E-state index in [4.69, 9.17) is 0 Å². The van der Waals surface area contributed by atoms with E-state index in [-0.39, 0.29) is 5.82 Å². The lowest BCUT2D eigenvalue weighted by molar-refractivity contribution is 0.176. The van der Waals surface area contributed by atoms with Gasteiger partial charge in [0.05, 0.1) is 0 Å². The van der Waals surface area contributed by atoms with E-state index in [0.29, 0.717) is 16.7 Å². The predicted octanol–water partition coefficient (Wildman–Crippen LogP) is 4.47. The maximum Gasteiger partial charge on any atom is 0.123 e. The molecule has 1 aromatic carbocycles. The topological polar surface area (TPSA) is 12.0 Å². The van der Waals surface area contributed by atoms with Gasteiger partial charge in [0, 0.05) is 16.2 Å². The van der Waals surface area contributed by atoms with Crippen molar-refractivity contribution in [2.24, 2.45) is 5.41 Å². The monoisotopic (exact) mass is 281 g/mol. The number of hydrogen-bond acceptors (Lipinski definition) is 2. The van der Waals surface area contributed by atoms with Crippen molar-refractivity contribution in [1.82, 2.24) is 5.32 Å². The molecule has 1 aromatic rings. The summed E-state index contributed by atoms with van der Waals surface area (Å²) in [4.78, 5) is 1.17. The van der Waals surface area contributed by atoms with E-state index in [1.807, 2.05) is 23.9 Å². The van der Waals surface area contributed by atoms with Crippen molar-refractivity contribution in [3.63, 3.8) is 0 Å². The molecule has 0 aliphatic heterocycles. The highest BCUT2D eigenvalue weighted by Crippen LogP contribution is 2.42. The van der Waals surface area contributed by atoms with Crippen molar-refractivity contribution in [1.29, 1.82) is 0 Å². The smallest absolute Gasteiger partial charge is 0.123 e. The molecule has 19 heavy (non-hydrogen) atoms. The second kappa shape index (κ2) is 6.27. The van der Waals surface area contributed by atoms with Crippen LogP contribution in [-0.2, 0) is 0 Å². The number of rotatable bonds is 4. The molecule has 0 heterocycles. The zero-order valence-corrected chi connectivity index (χ0v) is 12.9. The largest absolute Gasteiger partial charge is 0.313 e.